The lowest BCUT2D eigenvalue weighted by atomic mass is 10.3. The number of anilines is 1. The molecule has 0 spiro atoms. The second-order valence-electron chi connectivity index (χ2n) is 4.27. The van der Waals surface area contributed by atoms with Crippen LogP contribution in [0.3, 0.4) is 0 Å². The Bertz CT molecular complexity index is 566. The molecule has 2 N–H and O–H groups in total. The van der Waals surface area contributed by atoms with Gasteiger partial charge in [0.05, 0.1) is 18.8 Å². The number of hydrogen-bond donors (Lipinski definition) is 1. The summed E-state index contributed by atoms with van der Waals surface area (Å²) in [6.45, 7) is 3.44. The van der Waals surface area contributed by atoms with Gasteiger partial charge in [0.2, 0.25) is 0 Å². The zero-order valence-electron chi connectivity index (χ0n) is 11.5. The van der Waals surface area contributed by atoms with Crippen molar-refractivity contribution < 1.29 is 9.53 Å². The highest BCUT2D eigenvalue weighted by Gasteiger charge is 2.21. The molecule has 2 aromatic heterocycles. The Morgan fingerprint density at radius 2 is 2.35 bits per heavy atom. The van der Waals surface area contributed by atoms with Gasteiger partial charge in [-0.25, -0.2) is 4.98 Å². The van der Waals surface area contributed by atoms with Crippen LogP contribution in [0.4, 0.5) is 5.13 Å². The van der Waals surface area contributed by atoms with E-state index in [-0.39, 0.29) is 5.91 Å². The molecule has 0 aliphatic carbocycles. The zero-order valence-corrected chi connectivity index (χ0v) is 13.1. The number of aromatic nitrogens is 1. The maximum atomic E-state index is 12.6. The van der Waals surface area contributed by atoms with Crippen LogP contribution in [0.1, 0.15) is 20.2 Å². The van der Waals surface area contributed by atoms with E-state index in [4.69, 9.17) is 10.5 Å². The topological polar surface area (TPSA) is 68.5 Å². The van der Waals surface area contributed by atoms with Gasteiger partial charge in [-0.15, -0.1) is 11.3 Å². The van der Waals surface area contributed by atoms with E-state index in [0.29, 0.717) is 35.4 Å². The molecule has 0 saturated heterocycles. The number of thiophene rings is 1. The van der Waals surface area contributed by atoms with Crippen LogP contribution in [-0.2, 0) is 11.3 Å². The molecular formula is C13H17N3O2S2. The van der Waals surface area contributed by atoms with Gasteiger partial charge in [0.15, 0.2) is 5.13 Å². The average Bonchev–Trinajstić information content (AvgIpc) is 3.03. The summed E-state index contributed by atoms with van der Waals surface area (Å²) >= 11 is 2.87. The van der Waals surface area contributed by atoms with Crippen molar-refractivity contribution in [3.63, 3.8) is 0 Å². The Morgan fingerprint density at radius 1 is 1.55 bits per heavy atom. The van der Waals surface area contributed by atoms with Crippen LogP contribution in [0.25, 0.3) is 0 Å². The number of nitrogens with two attached hydrogens (primary N) is 1. The first-order valence-corrected chi connectivity index (χ1v) is 7.85. The minimum atomic E-state index is -0.0397. The van der Waals surface area contributed by atoms with E-state index >= 15 is 0 Å². The van der Waals surface area contributed by atoms with Gasteiger partial charge in [0.1, 0.15) is 4.88 Å². The highest BCUT2D eigenvalue weighted by atomic mass is 32.1. The molecule has 2 rings (SSSR count). The fraction of sp³-hybridized carbons (Fsp3) is 0.385. The Morgan fingerprint density at radius 3 is 2.90 bits per heavy atom. The minimum absolute atomic E-state index is 0.0397. The number of amides is 1. The number of nitrogen functional groups attached to an aromatic ring is 1. The molecule has 0 aliphatic heterocycles. The second kappa shape index (κ2) is 6.83. The molecule has 0 unspecified atom stereocenters. The number of methoxy groups -OCH3 is 1. The Kier molecular flexibility index (Phi) is 5.11. The third-order valence-corrected chi connectivity index (χ3v) is 4.62. The molecular weight excluding hydrogens is 294 g/mol. The van der Waals surface area contributed by atoms with Crippen LogP contribution < -0.4 is 5.73 Å². The summed E-state index contributed by atoms with van der Waals surface area (Å²) in [5.74, 6) is -0.0397. The highest BCUT2D eigenvalue weighted by Crippen LogP contribution is 2.23. The lowest BCUT2D eigenvalue weighted by Gasteiger charge is -2.21. The van der Waals surface area contributed by atoms with E-state index in [0.717, 1.165) is 4.88 Å². The Balaban J connectivity index is 2.17. The molecule has 5 nitrogen and oxygen atoms in total. The summed E-state index contributed by atoms with van der Waals surface area (Å²) < 4.78 is 5.09. The van der Waals surface area contributed by atoms with Gasteiger partial charge < -0.3 is 15.4 Å². The first kappa shape index (κ1) is 15.0. The number of carbonyl (C=O) groups is 1. The first-order valence-electron chi connectivity index (χ1n) is 6.15. The summed E-state index contributed by atoms with van der Waals surface area (Å²) in [5, 5.41) is 2.43. The predicted molar refractivity (Wildman–Crippen MR) is 82.2 cm³/mol. The summed E-state index contributed by atoms with van der Waals surface area (Å²) in [4.78, 5) is 20.2. The van der Waals surface area contributed by atoms with Crippen molar-refractivity contribution in [3.8, 4) is 0 Å². The quantitative estimate of drug-likeness (QED) is 0.889. The number of nitrogens with zero attached hydrogens (tertiary/aromatic N) is 2. The third-order valence-electron chi connectivity index (χ3n) is 2.79. The number of carbonyl (C=O) groups excluding carboxylic acids is 1. The van der Waals surface area contributed by atoms with Crippen molar-refractivity contribution in [3.05, 3.63) is 33.0 Å². The molecule has 0 radical (unpaired) electrons. The van der Waals surface area contributed by atoms with Crippen molar-refractivity contribution in [1.82, 2.24) is 9.88 Å². The number of aryl methyl sites for hydroxylation is 1. The van der Waals surface area contributed by atoms with Crippen LogP contribution in [0.2, 0.25) is 0 Å². The average molecular weight is 311 g/mol. The van der Waals surface area contributed by atoms with E-state index in [9.17, 15) is 4.79 Å². The molecule has 0 saturated carbocycles. The van der Waals surface area contributed by atoms with Crippen LogP contribution in [-0.4, -0.2) is 36.1 Å². The highest BCUT2D eigenvalue weighted by molar-refractivity contribution is 7.17. The van der Waals surface area contributed by atoms with Crippen LogP contribution >= 0.6 is 22.7 Å². The predicted octanol–water partition coefficient (Wildman–Crippen LogP) is 2.38. The van der Waals surface area contributed by atoms with Crippen molar-refractivity contribution in [2.24, 2.45) is 0 Å². The Hall–Kier alpha value is -1.44. The molecule has 0 aliphatic rings. The van der Waals surface area contributed by atoms with Gasteiger partial charge in [0, 0.05) is 18.5 Å². The maximum Gasteiger partial charge on any atom is 0.266 e. The van der Waals surface area contributed by atoms with Crippen molar-refractivity contribution in [1.29, 1.82) is 0 Å². The van der Waals surface area contributed by atoms with Crippen LogP contribution in [0.15, 0.2) is 17.5 Å². The molecule has 7 heteroatoms. The standard InChI is InChI=1S/C13H17N3O2S2/c1-9-11(20-13(14)15-9)12(17)16(5-6-18-2)8-10-4-3-7-19-10/h3-4,7H,5-6,8H2,1-2H3,(H2,14,15). The number of thiazole rings is 1. The molecule has 20 heavy (non-hydrogen) atoms. The largest absolute Gasteiger partial charge is 0.383 e. The summed E-state index contributed by atoms with van der Waals surface area (Å²) in [5.41, 5.74) is 6.35. The normalized spacial score (nSPS) is 10.7. The molecule has 0 atom stereocenters. The number of rotatable bonds is 6. The molecule has 1 amide bonds. The summed E-state index contributed by atoms with van der Waals surface area (Å²) in [6.07, 6.45) is 0. The third kappa shape index (κ3) is 3.56. The molecule has 2 heterocycles. The van der Waals surface area contributed by atoms with E-state index < -0.39 is 0 Å². The monoisotopic (exact) mass is 311 g/mol. The first-order chi connectivity index (χ1) is 9.61. The second-order valence-corrected chi connectivity index (χ2v) is 6.33. The molecule has 108 valence electrons. The number of hydrogen-bond acceptors (Lipinski definition) is 6. The lowest BCUT2D eigenvalue weighted by molar-refractivity contribution is 0.0686. The van der Waals surface area contributed by atoms with Crippen LogP contribution in [0, 0.1) is 6.92 Å². The van der Waals surface area contributed by atoms with Crippen molar-refractivity contribution in [2.75, 3.05) is 26.0 Å². The maximum absolute atomic E-state index is 12.6. The van der Waals surface area contributed by atoms with E-state index in [2.05, 4.69) is 4.98 Å². The van der Waals surface area contributed by atoms with Crippen molar-refractivity contribution in [2.45, 2.75) is 13.5 Å². The van der Waals surface area contributed by atoms with E-state index in [1.807, 2.05) is 17.5 Å². The fourth-order valence-corrected chi connectivity index (χ4v) is 3.32. The molecule has 0 aromatic carbocycles. The number of ether oxygens (including phenoxy) is 1. The zero-order chi connectivity index (χ0) is 14.5. The van der Waals surface area contributed by atoms with Gasteiger partial charge >= 0.3 is 0 Å². The van der Waals surface area contributed by atoms with Crippen LogP contribution in [0.5, 0.6) is 0 Å². The fourth-order valence-electron chi connectivity index (χ4n) is 1.80. The van der Waals surface area contributed by atoms with Crippen molar-refractivity contribution >= 4 is 33.7 Å². The summed E-state index contributed by atoms with van der Waals surface area (Å²) in [6, 6.07) is 4.00. The van der Waals surface area contributed by atoms with E-state index in [1.165, 1.54) is 11.3 Å². The molecule has 2 aromatic rings. The van der Waals surface area contributed by atoms with Gasteiger partial charge in [-0.1, -0.05) is 17.4 Å². The SMILES string of the molecule is COCCN(Cc1cccs1)C(=O)c1sc(N)nc1C. The summed E-state index contributed by atoms with van der Waals surface area (Å²) in [7, 11) is 1.63. The van der Waals surface area contributed by atoms with Gasteiger partial charge in [-0.2, -0.15) is 0 Å². The van der Waals surface area contributed by atoms with E-state index in [1.54, 1.807) is 30.3 Å². The molecule has 0 bridgehead atoms. The minimum Gasteiger partial charge on any atom is -0.383 e. The van der Waals surface area contributed by atoms with Gasteiger partial charge in [-0.3, -0.25) is 4.79 Å². The lowest BCUT2D eigenvalue weighted by Crippen LogP contribution is -2.33. The molecule has 0 fully saturated rings. The van der Waals surface area contributed by atoms with Gasteiger partial charge in [0.25, 0.3) is 5.91 Å². The van der Waals surface area contributed by atoms with Gasteiger partial charge in [-0.05, 0) is 18.4 Å². The smallest absolute Gasteiger partial charge is 0.266 e. The Labute approximate surface area is 126 Å².